The third-order valence-corrected chi connectivity index (χ3v) is 3.27. The number of carbonyl (C=O) groups excluding carboxylic acids is 1. The van der Waals surface area contributed by atoms with Gasteiger partial charge in [0.25, 0.3) is 0 Å². The van der Waals surface area contributed by atoms with Crippen LogP contribution in [0.25, 0.3) is 0 Å². The van der Waals surface area contributed by atoms with Gasteiger partial charge in [-0.1, -0.05) is 32.6 Å². The zero-order chi connectivity index (χ0) is 12.7. The average molecular weight is 241 g/mol. The van der Waals surface area contributed by atoms with Gasteiger partial charge in [0.1, 0.15) is 0 Å². The molecule has 0 aliphatic carbocycles. The van der Waals surface area contributed by atoms with Gasteiger partial charge in [0.2, 0.25) is 5.91 Å². The number of nitrogens with zero attached hydrogens (tertiary/aromatic N) is 1. The van der Waals surface area contributed by atoms with Gasteiger partial charge in [0.05, 0.1) is 12.2 Å². The van der Waals surface area contributed by atoms with Crippen molar-refractivity contribution in [1.82, 2.24) is 4.90 Å². The molecule has 0 N–H and O–H groups in total. The van der Waals surface area contributed by atoms with Crippen LogP contribution in [0.1, 0.15) is 59.3 Å². The number of unbranched alkanes of at least 4 members (excludes halogenated alkanes) is 4. The molecule has 0 aromatic carbocycles. The van der Waals surface area contributed by atoms with E-state index in [1.807, 2.05) is 18.7 Å². The van der Waals surface area contributed by atoms with E-state index in [0.717, 1.165) is 19.5 Å². The van der Waals surface area contributed by atoms with Crippen molar-refractivity contribution in [2.45, 2.75) is 71.5 Å². The second-order valence-electron chi connectivity index (χ2n) is 5.22. The van der Waals surface area contributed by atoms with Gasteiger partial charge in [0.15, 0.2) is 0 Å². The molecule has 0 aromatic heterocycles. The van der Waals surface area contributed by atoms with E-state index in [1.54, 1.807) is 0 Å². The fourth-order valence-corrected chi connectivity index (χ4v) is 2.42. The maximum atomic E-state index is 12.0. The number of morpholine rings is 1. The molecule has 17 heavy (non-hydrogen) atoms. The van der Waals surface area contributed by atoms with E-state index >= 15 is 0 Å². The molecule has 3 nitrogen and oxygen atoms in total. The Morgan fingerprint density at radius 1 is 1.12 bits per heavy atom. The highest BCUT2D eigenvalue weighted by Crippen LogP contribution is 2.13. The van der Waals surface area contributed by atoms with Gasteiger partial charge in [-0.3, -0.25) is 4.79 Å². The first kappa shape index (κ1) is 14.5. The topological polar surface area (TPSA) is 29.5 Å². The van der Waals surface area contributed by atoms with E-state index in [1.165, 1.54) is 25.7 Å². The fraction of sp³-hybridized carbons (Fsp3) is 0.929. The van der Waals surface area contributed by atoms with Gasteiger partial charge >= 0.3 is 0 Å². The Morgan fingerprint density at radius 2 is 1.71 bits per heavy atom. The lowest BCUT2D eigenvalue weighted by Crippen LogP contribution is -2.48. The standard InChI is InChI=1S/C14H27NO2/c1-4-5-6-7-8-9-14(16)15-10-12(2)17-13(3)11-15/h12-13H,4-11H2,1-3H3/t12-,13+. The molecule has 0 radical (unpaired) electrons. The summed E-state index contributed by atoms with van der Waals surface area (Å²) in [6, 6.07) is 0. The van der Waals surface area contributed by atoms with Crippen molar-refractivity contribution in [2.24, 2.45) is 0 Å². The Kier molecular flexibility index (Phi) is 6.56. The van der Waals surface area contributed by atoms with Crippen LogP contribution in [0.2, 0.25) is 0 Å². The third kappa shape index (κ3) is 5.53. The molecular formula is C14H27NO2. The van der Waals surface area contributed by atoms with E-state index in [9.17, 15) is 4.79 Å². The van der Waals surface area contributed by atoms with Gasteiger partial charge in [-0.15, -0.1) is 0 Å². The van der Waals surface area contributed by atoms with Crippen LogP contribution >= 0.6 is 0 Å². The van der Waals surface area contributed by atoms with Gasteiger partial charge in [-0.25, -0.2) is 0 Å². The molecule has 1 aliphatic heterocycles. The minimum Gasteiger partial charge on any atom is -0.372 e. The van der Waals surface area contributed by atoms with Crippen LogP contribution in [0.4, 0.5) is 0 Å². The minimum absolute atomic E-state index is 0.183. The molecule has 1 heterocycles. The normalized spacial score (nSPS) is 25.0. The largest absolute Gasteiger partial charge is 0.372 e. The lowest BCUT2D eigenvalue weighted by molar-refractivity contribution is -0.143. The predicted molar refractivity (Wildman–Crippen MR) is 70.0 cm³/mol. The van der Waals surface area contributed by atoms with Gasteiger partial charge in [-0.2, -0.15) is 0 Å². The van der Waals surface area contributed by atoms with E-state index < -0.39 is 0 Å². The summed E-state index contributed by atoms with van der Waals surface area (Å²) >= 11 is 0. The van der Waals surface area contributed by atoms with Crippen molar-refractivity contribution in [1.29, 1.82) is 0 Å². The van der Waals surface area contributed by atoms with Crippen molar-refractivity contribution >= 4 is 5.91 Å². The van der Waals surface area contributed by atoms with Crippen LogP contribution in [0, 0.1) is 0 Å². The van der Waals surface area contributed by atoms with E-state index in [4.69, 9.17) is 4.74 Å². The highest BCUT2D eigenvalue weighted by Gasteiger charge is 2.25. The summed E-state index contributed by atoms with van der Waals surface area (Å²) in [5.41, 5.74) is 0. The van der Waals surface area contributed by atoms with Crippen molar-refractivity contribution in [2.75, 3.05) is 13.1 Å². The van der Waals surface area contributed by atoms with Crippen LogP contribution in [0.15, 0.2) is 0 Å². The summed E-state index contributed by atoms with van der Waals surface area (Å²) in [4.78, 5) is 14.0. The number of amides is 1. The smallest absolute Gasteiger partial charge is 0.222 e. The zero-order valence-corrected chi connectivity index (χ0v) is 11.6. The van der Waals surface area contributed by atoms with Crippen LogP contribution < -0.4 is 0 Å². The molecule has 1 amide bonds. The van der Waals surface area contributed by atoms with Crippen molar-refractivity contribution in [3.63, 3.8) is 0 Å². The number of hydrogen-bond acceptors (Lipinski definition) is 2. The van der Waals surface area contributed by atoms with Crippen LogP contribution in [-0.4, -0.2) is 36.1 Å². The Balaban J connectivity index is 2.18. The number of ether oxygens (including phenoxy) is 1. The van der Waals surface area contributed by atoms with E-state index in [-0.39, 0.29) is 12.2 Å². The van der Waals surface area contributed by atoms with Crippen molar-refractivity contribution < 1.29 is 9.53 Å². The lowest BCUT2D eigenvalue weighted by atomic mass is 10.1. The van der Waals surface area contributed by atoms with Gasteiger partial charge in [0, 0.05) is 19.5 Å². The first-order valence-corrected chi connectivity index (χ1v) is 7.06. The quantitative estimate of drug-likeness (QED) is 0.669. The highest BCUT2D eigenvalue weighted by atomic mass is 16.5. The average Bonchev–Trinajstić information content (AvgIpc) is 2.27. The molecule has 1 rings (SSSR count). The fourth-order valence-electron chi connectivity index (χ4n) is 2.42. The Labute approximate surface area is 106 Å². The Hall–Kier alpha value is -0.570. The van der Waals surface area contributed by atoms with Crippen LogP contribution in [0.5, 0.6) is 0 Å². The monoisotopic (exact) mass is 241 g/mol. The van der Waals surface area contributed by atoms with Gasteiger partial charge in [-0.05, 0) is 20.3 Å². The maximum absolute atomic E-state index is 12.0. The summed E-state index contributed by atoms with van der Waals surface area (Å²) in [6.07, 6.45) is 7.12. The maximum Gasteiger partial charge on any atom is 0.222 e. The first-order valence-electron chi connectivity index (χ1n) is 7.06. The van der Waals surface area contributed by atoms with Crippen LogP contribution in [-0.2, 0) is 9.53 Å². The first-order chi connectivity index (χ1) is 8.13. The third-order valence-electron chi connectivity index (χ3n) is 3.27. The Bertz CT molecular complexity index is 220. The predicted octanol–water partition coefficient (Wildman–Crippen LogP) is 2.98. The summed E-state index contributed by atoms with van der Waals surface area (Å²) < 4.78 is 5.63. The molecule has 3 heteroatoms. The highest BCUT2D eigenvalue weighted by molar-refractivity contribution is 5.76. The molecule has 1 saturated heterocycles. The molecule has 1 fully saturated rings. The van der Waals surface area contributed by atoms with Crippen molar-refractivity contribution in [3.05, 3.63) is 0 Å². The zero-order valence-electron chi connectivity index (χ0n) is 11.6. The molecule has 0 saturated carbocycles. The van der Waals surface area contributed by atoms with Crippen molar-refractivity contribution in [3.8, 4) is 0 Å². The summed E-state index contributed by atoms with van der Waals surface area (Å²) in [6.45, 7) is 7.81. The number of rotatable bonds is 6. The second-order valence-corrected chi connectivity index (χ2v) is 5.22. The minimum atomic E-state index is 0.183. The molecule has 0 bridgehead atoms. The Morgan fingerprint density at radius 3 is 2.29 bits per heavy atom. The number of carbonyl (C=O) groups is 1. The molecule has 0 spiro atoms. The molecule has 2 atom stereocenters. The summed E-state index contributed by atoms with van der Waals surface area (Å²) in [5.74, 6) is 0.309. The lowest BCUT2D eigenvalue weighted by Gasteiger charge is -2.35. The molecule has 1 aliphatic rings. The number of hydrogen-bond donors (Lipinski definition) is 0. The second kappa shape index (κ2) is 7.70. The SMILES string of the molecule is CCCCCCCC(=O)N1C[C@@H](C)O[C@@H](C)C1. The molecule has 0 unspecified atom stereocenters. The van der Waals surface area contributed by atoms with Crippen LogP contribution in [0.3, 0.4) is 0 Å². The summed E-state index contributed by atoms with van der Waals surface area (Å²) in [7, 11) is 0. The van der Waals surface area contributed by atoms with E-state index in [0.29, 0.717) is 12.3 Å². The van der Waals surface area contributed by atoms with E-state index in [2.05, 4.69) is 6.92 Å². The molecular weight excluding hydrogens is 214 g/mol. The summed E-state index contributed by atoms with van der Waals surface area (Å²) in [5, 5.41) is 0. The molecule has 0 aromatic rings. The van der Waals surface area contributed by atoms with Gasteiger partial charge < -0.3 is 9.64 Å². The molecule has 100 valence electrons.